The summed E-state index contributed by atoms with van der Waals surface area (Å²) >= 11 is 0. The molecule has 2 rings (SSSR count). The first-order valence-corrected chi connectivity index (χ1v) is 7.26. The van der Waals surface area contributed by atoms with Crippen LogP contribution in [0.1, 0.15) is 32.0 Å². The number of piperidine rings is 1. The summed E-state index contributed by atoms with van der Waals surface area (Å²) in [4.78, 5) is 11.1. The van der Waals surface area contributed by atoms with Crippen LogP contribution in [0.3, 0.4) is 0 Å². The number of ether oxygens (including phenoxy) is 1. The molecule has 6 heteroatoms. The van der Waals surface area contributed by atoms with Gasteiger partial charge in [-0.25, -0.2) is 9.97 Å². The summed E-state index contributed by atoms with van der Waals surface area (Å²) in [5.41, 5.74) is 0. The molecule has 0 aromatic carbocycles. The van der Waals surface area contributed by atoms with Crippen LogP contribution in [0, 0.1) is 0 Å². The van der Waals surface area contributed by atoms with Crippen molar-refractivity contribution in [1.29, 1.82) is 0 Å². The number of aromatic nitrogens is 2. The van der Waals surface area contributed by atoms with Crippen molar-refractivity contribution in [2.45, 2.75) is 38.9 Å². The Bertz CT molecular complexity index is 428. The molecule has 0 spiro atoms. The van der Waals surface area contributed by atoms with E-state index in [0.29, 0.717) is 19.0 Å². The van der Waals surface area contributed by atoms with Crippen LogP contribution in [-0.2, 0) is 11.3 Å². The van der Waals surface area contributed by atoms with Gasteiger partial charge in [0, 0.05) is 32.8 Å². The Morgan fingerprint density at radius 1 is 1.50 bits per heavy atom. The van der Waals surface area contributed by atoms with Crippen molar-refractivity contribution in [3.63, 3.8) is 0 Å². The van der Waals surface area contributed by atoms with Crippen molar-refractivity contribution in [1.82, 2.24) is 9.97 Å². The molecule has 20 heavy (non-hydrogen) atoms. The van der Waals surface area contributed by atoms with Crippen LogP contribution in [-0.4, -0.2) is 47.9 Å². The predicted octanol–water partition coefficient (Wildman–Crippen LogP) is 1.41. The van der Waals surface area contributed by atoms with Gasteiger partial charge in [-0.05, 0) is 19.3 Å². The van der Waals surface area contributed by atoms with Crippen LogP contribution in [0.25, 0.3) is 0 Å². The van der Waals surface area contributed by atoms with Gasteiger partial charge >= 0.3 is 0 Å². The maximum Gasteiger partial charge on any atom is 0.158 e. The van der Waals surface area contributed by atoms with Crippen molar-refractivity contribution < 1.29 is 9.84 Å². The summed E-state index contributed by atoms with van der Waals surface area (Å²) in [6, 6.07) is 1.95. The molecule has 0 aliphatic carbocycles. The normalized spacial score (nSPS) is 19.1. The third-order valence-electron chi connectivity index (χ3n) is 3.31. The fourth-order valence-corrected chi connectivity index (χ4v) is 2.35. The quantitative estimate of drug-likeness (QED) is 0.821. The van der Waals surface area contributed by atoms with E-state index in [-0.39, 0.29) is 6.10 Å². The maximum atomic E-state index is 9.80. The summed E-state index contributed by atoms with van der Waals surface area (Å²) < 4.78 is 5.13. The summed E-state index contributed by atoms with van der Waals surface area (Å²) in [7, 11) is 1.64. The minimum absolute atomic E-state index is 0.267. The van der Waals surface area contributed by atoms with Gasteiger partial charge in [0.2, 0.25) is 0 Å². The second-order valence-corrected chi connectivity index (χ2v) is 5.13. The van der Waals surface area contributed by atoms with E-state index in [4.69, 9.17) is 4.74 Å². The average molecular weight is 280 g/mol. The highest BCUT2D eigenvalue weighted by Gasteiger charge is 2.20. The Hall–Kier alpha value is -1.40. The summed E-state index contributed by atoms with van der Waals surface area (Å²) in [6.07, 6.45) is 2.63. The number of methoxy groups -OCH3 is 1. The topological polar surface area (TPSA) is 70.5 Å². The Balaban J connectivity index is 2.18. The zero-order valence-corrected chi connectivity index (χ0v) is 12.3. The van der Waals surface area contributed by atoms with Crippen LogP contribution in [0.15, 0.2) is 6.07 Å². The summed E-state index contributed by atoms with van der Waals surface area (Å²) in [5.74, 6) is 2.36. The average Bonchev–Trinajstić information content (AvgIpc) is 2.45. The third kappa shape index (κ3) is 4.05. The van der Waals surface area contributed by atoms with Gasteiger partial charge in [-0.15, -0.1) is 0 Å². The molecule has 1 aromatic rings. The Labute approximate surface area is 120 Å². The lowest BCUT2D eigenvalue weighted by Crippen LogP contribution is -2.38. The van der Waals surface area contributed by atoms with Crippen LogP contribution in [0.2, 0.25) is 0 Å². The monoisotopic (exact) mass is 280 g/mol. The van der Waals surface area contributed by atoms with Crippen LogP contribution < -0.4 is 10.2 Å². The van der Waals surface area contributed by atoms with E-state index in [1.807, 2.05) is 6.07 Å². The molecule has 0 bridgehead atoms. The van der Waals surface area contributed by atoms with Gasteiger partial charge in [0.25, 0.3) is 0 Å². The number of aliphatic hydroxyl groups excluding tert-OH is 1. The van der Waals surface area contributed by atoms with E-state index in [1.165, 1.54) is 0 Å². The maximum absolute atomic E-state index is 9.80. The van der Waals surface area contributed by atoms with E-state index >= 15 is 0 Å². The molecular formula is C14H24N4O2. The van der Waals surface area contributed by atoms with E-state index in [2.05, 4.69) is 27.1 Å². The van der Waals surface area contributed by atoms with E-state index in [0.717, 1.165) is 44.0 Å². The number of hydrogen-bond acceptors (Lipinski definition) is 6. The number of β-amino-alcohol motifs (C(OH)–C–C–N with tert-alkyl or cyclic N) is 1. The van der Waals surface area contributed by atoms with Crippen molar-refractivity contribution in [2.24, 2.45) is 0 Å². The molecule has 1 saturated heterocycles. The molecule has 112 valence electrons. The molecule has 1 atom stereocenters. The van der Waals surface area contributed by atoms with Crippen LogP contribution in [0.4, 0.5) is 11.6 Å². The molecule has 2 N–H and O–H groups in total. The number of nitrogens with one attached hydrogen (secondary N) is 1. The van der Waals surface area contributed by atoms with E-state index in [1.54, 1.807) is 7.11 Å². The molecule has 1 unspecified atom stereocenters. The van der Waals surface area contributed by atoms with Gasteiger partial charge < -0.3 is 20.1 Å². The van der Waals surface area contributed by atoms with Gasteiger partial charge in [-0.1, -0.05) is 6.92 Å². The molecule has 0 saturated carbocycles. The van der Waals surface area contributed by atoms with Crippen molar-refractivity contribution >= 4 is 11.6 Å². The standard InChI is InChI=1S/C14H24N4O2/c1-3-6-15-12-8-14(17-13(16-12)10-20-2)18-7-4-5-11(19)9-18/h8,11,19H,3-7,9-10H2,1-2H3,(H,15,16,17). The second-order valence-electron chi connectivity index (χ2n) is 5.13. The minimum atomic E-state index is -0.267. The number of nitrogens with zero attached hydrogens (tertiary/aromatic N) is 3. The lowest BCUT2D eigenvalue weighted by molar-refractivity contribution is 0.153. The number of aliphatic hydroxyl groups is 1. The first-order chi connectivity index (χ1) is 9.72. The van der Waals surface area contributed by atoms with Gasteiger partial charge in [-0.3, -0.25) is 0 Å². The fourth-order valence-electron chi connectivity index (χ4n) is 2.35. The van der Waals surface area contributed by atoms with E-state index in [9.17, 15) is 5.11 Å². The van der Waals surface area contributed by atoms with Crippen LogP contribution >= 0.6 is 0 Å². The molecule has 1 fully saturated rings. The van der Waals surface area contributed by atoms with Gasteiger partial charge in [-0.2, -0.15) is 0 Å². The number of rotatable bonds is 6. The smallest absolute Gasteiger partial charge is 0.158 e. The zero-order chi connectivity index (χ0) is 14.4. The van der Waals surface area contributed by atoms with Gasteiger partial charge in [0.15, 0.2) is 5.82 Å². The molecular weight excluding hydrogens is 256 g/mol. The molecule has 0 radical (unpaired) electrons. The second kappa shape index (κ2) is 7.40. The third-order valence-corrected chi connectivity index (χ3v) is 3.31. The highest BCUT2D eigenvalue weighted by molar-refractivity contribution is 5.49. The summed E-state index contributed by atoms with van der Waals surface area (Å²) in [5, 5.41) is 13.1. The fraction of sp³-hybridized carbons (Fsp3) is 0.714. The lowest BCUT2D eigenvalue weighted by atomic mass is 10.1. The first kappa shape index (κ1) is 15.0. The van der Waals surface area contributed by atoms with Gasteiger partial charge in [0.1, 0.15) is 18.2 Å². The number of anilines is 2. The predicted molar refractivity (Wildman–Crippen MR) is 79.0 cm³/mol. The molecule has 1 aliphatic rings. The largest absolute Gasteiger partial charge is 0.391 e. The minimum Gasteiger partial charge on any atom is -0.391 e. The van der Waals surface area contributed by atoms with Crippen molar-refractivity contribution in [3.05, 3.63) is 11.9 Å². The molecule has 2 heterocycles. The molecule has 1 aromatic heterocycles. The highest BCUT2D eigenvalue weighted by Crippen LogP contribution is 2.21. The first-order valence-electron chi connectivity index (χ1n) is 7.26. The number of hydrogen-bond donors (Lipinski definition) is 2. The Morgan fingerprint density at radius 3 is 3.05 bits per heavy atom. The van der Waals surface area contributed by atoms with Crippen molar-refractivity contribution in [3.8, 4) is 0 Å². The lowest BCUT2D eigenvalue weighted by Gasteiger charge is -2.31. The Morgan fingerprint density at radius 2 is 2.35 bits per heavy atom. The zero-order valence-electron chi connectivity index (χ0n) is 12.3. The molecule has 6 nitrogen and oxygen atoms in total. The van der Waals surface area contributed by atoms with Crippen LogP contribution in [0.5, 0.6) is 0 Å². The molecule has 0 amide bonds. The highest BCUT2D eigenvalue weighted by atomic mass is 16.5. The summed E-state index contributed by atoms with van der Waals surface area (Å²) in [6.45, 7) is 4.95. The molecule has 1 aliphatic heterocycles. The van der Waals surface area contributed by atoms with E-state index < -0.39 is 0 Å². The Kier molecular flexibility index (Phi) is 5.55. The van der Waals surface area contributed by atoms with Gasteiger partial charge in [0.05, 0.1) is 6.10 Å². The SMILES string of the molecule is CCCNc1cc(N2CCCC(O)C2)nc(COC)n1. The van der Waals surface area contributed by atoms with Crippen molar-refractivity contribution in [2.75, 3.05) is 37.0 Å².